The highest BCUT2D eigenvalue weighted by atomic mass is 35.5. The molecule has 1 N–H and O–H groups in total. The minimum absolute atomic E-state index is 0. The average Bonchev–Trinajstić information content (AvgIpc) is 2.91. The van der Waals surface area contributed by atoms with Crippen molar-refractivity contribution >= 4 is 12.4 Å². The molecule has 1 atom stereocenters. The lowest BCUT2D eigenvalue weighted by atomic mass is 10.1. The third-order valence-electron chi connectivity index (χ3n) is 3.20. The van der Waals surface area contributed by atoms with Gasteiger partial charge in [0.25, 0.3) is 0 Å². The van der Waals surface area contributed by atoms with Crippen molar-refractivity contribution in [2.24, 2.45) is 5.92 Å². The number of methoxy groups -OCH3 is 2. The Balaban J connectivity index is 0.00000180. The van der Waals surface area contributed by atoms with E-state index in [1.165, 1.54) is 6.42 Å². The number of rotatable bonds is 6. The molecule has 1 aromatic rings. The lowest BCUT2D eigenvalue weighted by molar-refractivity contribution is 0.0922. The van der Waals surface area contributed by atoms with E-state index in [4.69, 9.17) is 14.2 Å². The fraction of sp³-hybridized carbons (Fsp3) is 0.571. The van der Waals surface area contributed by atoms with Crippen LogP contribution in [0.2, 0.25) is 0 Å². The molecule has 1 fully saturated rings. The second-order valence-electron chi connectivity index (χ2n) is 4.59. The van der Waals surface area contributed by atoms with Crippen LogP contribution in [0.5, 0.6) is 11.5 Å². The third kappa shape index (κ3) is 4.90. The van der Waals surface area contributed by atoms with Gasteiger partial charge in [-0.15, -0.1) is 12.4 Å². The number of nitrogens with one attached hydrogen (secondary N) is 1. The van der Waals surface area contributed by atoms with E-state index < -0.39 is 0 Å². The molecule has 19 heavy (non-hydrogen) atoms. The van der Waals surface area contributed by atoms with Crippen molar-refractivity contribution in [2.75, 3.05) is 33.9 Å². The number of benzene rings is 1. The molecule has 1 aliphatic heterocycles. The second kappa shape index (κ2) is 8.25. The van der Waals surface area contributed by atoms with Gasteiger partial charge in [-0.05, 0) is 36.6 Å². The SMILES string of the molecule is COc1cc(COCC2CCNC2)cc(OC)c1.Cl. The molecule has 108 valence electrons. The van der Waals surface area contributed by atoms with E-state index in [0.29, 0.717) is 12.5 Å². The Morgan fingerprint density at radius 3 is 2.37 bits per heavy atom. The van der Waals surface area contributed by atoms with Crippen molar-refractivity contribution in [2.45, 2.75) is 13.0 Å². The van der Waals surface area contributed by atoms with Gasteiger partial charge in [-0.1, -0.05) is 0 Å². The van der Waals surface area contributed by atoms with Gasteiger partial charge in [0.05, 0.1) is 27.4 Å². The first kappa shape index (κ1) is 16.1. The van der Waals surface area contributed by atoms with Gasteiger partial charge >= 0.3 is 0 Å². The van der Waals surface area contributed by atoms with Crippen LogP contribution in [-0.4, -0.2) is 33.9 Å². The number of halogens is 1. The quantitative estimate of drug-likeness (QED) is 0.871. The van der Waals surface area contributed by atoms with Gasteiger partial charge in [-0.3, -0.25) is 0 Å². The zero-order valence-electron chi connectivity index (χ0n) is 11.5. The van der Waals surface area contributed by atoms with Gasteiger partial charge in [0.15, 0.2) is 0 Å². The predicted octanol–water partition coefficient (Wildman–Crippen LogP) is 2.25. The Morgan fingerprint density at radius 2 is 1.84 bits per heavy atom. The highest BCUT2D eigenvalue weighted by Gasteiger charge is 2.14. The molecule has 0 aromatic heterocycles. The molecular weight excluding hydrogens is 266 g/mol. The van der Waals surface area contributed by atoms with E-state index in [-0.39, 0.29) is 12.4 Å². The summed E-state index contributed by atoms with van der Waals surface area (Å²) in [5.74, 6) is 2.25. The molecule has 1 aromatic carbocycles. The van der Waals surface area contributed by atoms with Crippen molar-refractivity contribution < 1.29 is 14.2 Å². The summed E-state index contributed by atoms with van der Waals surface area (Å²) < 4.78 is 16.2. The van der Waals surface area contributed by atoms with Crippen LogP contribution in [-0.2, 0) is 11.3 Å². The largest absolute Gasteiger partial charge is 0.497 e. The van der Waals surface area contributed by atoms with E-state index in [1.54, 1.807) is 14.2 Å². The maximum atomic E-state index is 5.75. The van der Waals surface area contributed by atoms with Crippen LogP contribution in [0.1, 0.15) is 12.0 Å². The van der Waals surface area contributed by atoms with Crippen molar-refractivity contribution in [3.8, 4) is 11.5 Å². The Morgan fingerprint density at radius 1 is 1.16 bits per heavy atom. The second-order valence-corrected chi connectivity index (χ2v) is 4.59. The van der Waals surface area contributed by atoms with Crippen LogP contribution in [0.3, 0.4) is 0 Å². The van der Waals surface area contributed by atoms with Gasteiger partial charge in [-0.25, -0.2) is 0 Å². The average molecular weight is 288 g/mol. The smallest absolute Gasteiger partial charge is 0.122 e. The van der Waals surface area contributed by atoms with Crippen LogP contribution in [0.25, 0.3) is 0 Å². The topological polar surface area (TPSA) is 39.7 Å². The van der Waals surface area contributed by atoms with E-state index in [2.05, 4.69) is 5.32 Å². The Labute approximate surface area is 120 Å². The van der Waals surface area contributed by atoms with Crippen molar-refractivity contribution in [3.05, 3.63) is 23.8 Å². The van der Waals surface area contributed by atoms with Crippen LogP contribution < -0.4 is 14.8 Å². The number of ether oxygens (including phenoxy) is 3. The lowest BCUT2D eigenvalue weighted by Crippen LogP contribution is -2.13. The summed E-state index contributed by atoms with van der Waals surface area (Å²) in [5.41, 5.74) is 1.08. The zero-order chi connectivity index (χ0) is 12.8. The molecule has 1 aliphatic rings. The third-order valence-corrected chi connectivity index (χ3v) is 3.20. The molecule has 0 saturated carbocycles. The molecule has 1 heterocycles. The van der Waals surface area contributed by atoms with Crippen molar-refractivity contribution in [1.82, 2.24) is 5.32 Å². The highest BCUT2D eigenvalue weighted by Crippen LogP contribution is 2.23. The molecule has 0 spiro atoms. The van der Waals surface area contributed by atoms with Crippen LogP contribution in [0.15, 0.2) is 18.2 Å². The first-order valence-electron chi connectivity index (χ1n) is 6.32. The van der Waals surface area contributed by atoms with E-state index in [9.17, 15) is 0 Å². The molecule has 1 saturated heterocycles. The fourth-order valence-corrected chi connectivity index (χ4v) is 2.15. The molecule has 0 bridgehead atoms. The van der Waals surface area contributed by atoms with Crippen LogP contribution >= 0.6 is 12.4 Å². The zero-order valence-corrected chi connectivity index (χ0v) is 12.3. The van der Waals surface area contributed by atoms with Gasteiger partial charge < -0.3 is 19.5 Å². The maximum absolute atomic E-state index is 5.75. The van der Waals surface area contributed by atoms with Crippen LogP contribution in [0.4, 0.5) is 0 Å². The highest BCUT2D eigenvalue weighted by molar-refractivity contribution is 5.85. The predicted molar refractivity (Wildman–Crippen MR) is 77.4 cm³/mol. The molecular formula is C14H22ClNO3. The summed E-state index contributed by atoms with van der Waals surface area (Å²) in [6, 6.07) is 5.83. The summed E-state index contributed by atoms with van der Waals surface area (Å²) in [6.07, 6.45) is 1.21. The van der Waals surface area contributed by atoms with Crippen molar-refractivity contribution in [1.29, 1.82) is 0 Å². The van der Waals surface area contributed by atoms with Gasteiger partial charge in [0, 0.05) is 12.6 Å². The minimum atomic E-state index is 0. The maximum Gasteiger partial charge on any atom is 0.122 e. The first-order chi connectivity index (χ1) is 8.81. The van der Waals surface area contributed by atoms with Crippen LogP contribution in [0, 0.1) is 5.92 Å². The number of hydrogen-bond donors (Lipinski definition) is 1. The Hall–Kier alpha value is -0.970. The Kier molecular flexibility index (Phi) is 6.99. The van der Waals surface area contributed by atoms with Gasteiger partial charge in [0.2, 0.25) is 0 Å². The minimum Gasteiger partial charge on any atom is -0.497 e. The monoisotopic (exact) mass is 287 g/mol. The van der Waals surface area contributed by atoms with Crippen molar-refractivity contribution in [3.63, 3.8) is 0 Å². The van der Waals surface area contributed by atoms with E-state index >= 15 is 0 Å². The Bertz CT molecular complexity index is 359. The summed E-state index contributed by atoms with van der Waals surface area (Å²) in [6.45, 7) is 3.60. The molecule has 5 heteroatoms. The van der Waals surface area contributed by atoms with E-state index in [1.807, 2.05) is 18.2 Å². The summed E-state index contributed by atoms with van der Waals surface area (Å²) in [7, 11) is 3.31. The summed E-state index contributed by atoms with van der Waals surface area (Å²) >= 11 is 0. The summed E-state index contributed by atoms with van der Waals surface area (Å²) in [4.78, 5) is 0. The molecule has 1 unspecified atom stereocenters. The standard InChI is InChI=1S/C14H21NO3.ClH/c1-16-13-5-12(6-14(7-13)17-2)10-18-9-11-3-4-15-8-11;/h5-7,11,15H,3-4,8-10H2,1-2H3;1H. The molecule has 4 nitrogen and oxygen atoms in total. The first-order valence-corrected chi connectivity index (χ1v) is 6.32. The van der Waals surface area contributed by atoms with Gasteiger partial charge in [0.1, 0.15) is 11.5 Å². The summed E-state index contributed by atoms with van der Waals surface area (Å²) in [5, 5.41) is 3.34. The molecule has 0 amide bonds. The fourth-order valence-electron chi connectivity index (χ4n) is 2.15. The van der Waals surface area contributed by atoms with E-state index in [0.717, 1.165) is 36.8 Å². The molecule has 0 aliphatic carbocycles. The normalized spacial score (nSPS) is 17.9. The van der Waals surface area contributed by atoms with Gasteiger partial charge in [-0.2, -0.15) is 0 Å². The lowest BCUT2D eigenvalue weighted by Gasteiger charge is -2.11. The number of hydrogen-bond acceptors (Lipinski definition) is 4. The molecule has 0 radical (unpaired) electrons. The molecule has 2 rings (SSSR count).